The first kappa shape index (κ1) is 7.39. The summed E-state index contributed by atoms with van der Waals surface area (Å²) in [4.78, 5) is 10.4. The van der Waals surface area contributed by atoms with E-state index in [1.807, 2.05) is 12.3 Å². The summed E-state index contributed by atoms with van der Waals surface area (Å²) in [5, 5.41) is 0. The Morgan fingerprint density at radius 1 is 1.88 bits per heavy atom. The van der Waals surface area contributed by atoms with Crippen LogP contribution in [0, 0.1) is 0 Å². The van der Waals surface area contributed by atoms with Crippen molar-refractivity contribution in [2.75, 3.05) is 0 Å². The molecule has 5 N–H and O–H groups in total. The van der Waals surface area contributed by atoms with Gasteiger partial charge >= 0.3 is 0 Å². The molecule has 4 heteroatoms. The molecule has 0 unspecified atom stereocenters. The Bertz CT molecular complexity index is 83.4. The highest BCUT2D eigenvalue weighted by molar-refractivity contribution is 5.80. The van der Waals surface area contributed by atoms with Crippen molar-refractivity contribution in [3.05, 3.63) is 0 Å². The standard InChI is InChI=1S/C4H11N3O/c1-2-3(5)4(8)7-6/h3H,2,5-6H2,1H3,(H,7,8)/t3-/m1/s1. The van der Waals surface area contributed by atoms with Crippen LogP contribution in [0.4, 0.5) is 0 Å². The Kier molecular flexibility index (Phi) is 3.14. The molecule has 0 aliphatic rings. The van der Waals surface area contributed by atoms with Crippen LogP contribution in [-0.4, -0.2) is 11.9 Å². The van der Waals surface area contributed by atoms with E-state index in [0.29, 0.717) is 6.42 Å². The SMILES string of the molecule is CC[C@@H](N)C(=O)NN. The maximum atomic E-state index is 10.4. The zero-order valence-electron chi connectivity index (χ0n) is 4.85. The molecule has 0 radical (unpaired) electrons. The molecule has 0 aromatic rings. The topological polar surface area (TPSA) is 81.1 Å². The lowest BCUT2D eigenvalue weighted by molar-refractivity contribution is -0.122. The van der Waals surface area contributed by atoms with Crippen molar-refractivity contribution < 1.29 is 4.79 Å². The van der Waals surface area contributed by atoms with Crippen LogP contribution in [-0.2, 0) is 4.79 Å². The summed E-state index contributed by atoms with van der Waals surface area (Å²) in [6.45, 7) is 1.82. The fraction of sp³-hybridized carbons (Fsp3) is 0.750. The Labute approximate surface area is 48.2 Å². The zero-order chi connectivity index (χ0) is 6.57. The summed E-state index contributed by atoms with van der Waals surface area (Å²) in [5.74, 6) is 4.46. The molecule has 0 fully saturated rings. The molecule has 1 amide bonds. The number of amides is 1. The molecule has 8 heavy (non-hydrogen) atoms. The third kappa shape index (κ3) is 1.90. The maximum absolute atomic E-state index is 10.4. The zero-order valence-corrected chi connectivity index (χ0v) is 4.85. The predicted octanol–water partition coefficient (Wildman–Crippen LogP) is -1.29. The molecule has 0 spiro atoms. The molecule has 0 rings (SSSR count). The molecule has 0 aromatic carbocycles. The first-order valence-corrected chi connectivity index (χ1v) is 2.48. The lowest BCUT2D eigenvalue weighted by Gasteiger charge is -2.03. The molecule has 0 bridgehead atoms. The Morgan fingerprint density at radius 3 is 2.50 bits per heavy atom. The van der Waals surface area contributed by atoms with Crippen molar-refractivity contribution in [1.29, 1.82) is 0 Å². The third-order valence-corrected chi connectivity index (χ3v) is 0.919. The molecule has 0 saturated heterocycles. The van der Waals surface area contributed by atoms with Gasteiger partial charge in [0.05, 0.1) is 6.04 Å². The van der Waals surface area contributed by atoms with Crippen molar-refractivity contribution in [3.8, 4) is 0 Å². The van der Waals surface area contributed by atoms with E-state index < -0.39 is 6.04 Å². The average Bonchev–Trinajstić information content (AvgIpc) is 1.84. The van der Waals surface area contributed by atoms with Gasteiger partial charge in [-0.25, -0.2) is 5.84 Å². The van der Waals surface area contributed by atoms with E-state index >= 15 is 0 Å². The van der Waals surface area contributed by atoms with Gasteiger partial charge in [-0.05, 0) is 6.42 Å². The van der Waals surface area contributed by atoms with Gasteiger partial charge in [0.25, 0.3) is 5.91 Å². The van der Waals surface area contributed by atoms with Crippen LogP contribution in [0.25, 0.3) is 0 Å². The highest BCUT2D eigenvalue weighted by Gasteiger charge is 2.06. The smallest absolute Gasteiger partial charge is 0.250 e. The van der Waals surface area contributed by atoms with E-state index in [1.54, 1.807) is 0 Å². The molecular weight excluding hydrogens is 106 g/mol. The summed E-state index contributed by atoms with van der Waals surface area (Å²) in [6.07, 6.45) is 0.614. The minimum atomic E-state index is -0.458. The molecule has 0 aromatic heterocycles. The average molecular weight is 117 g/mol. The molecule has 1 atom stereocenters. The number of nitrogens with two attached hydrogens (primary N) is 2. The van der Waals surface area contributed by atoms with E-state index in [4.69, 9.17) is 11.6 Å². The fourth-order valence-corrected chi connectivity index (χ4v) is 0.292. The van der Waals surface area contributed by atoms with E-state index in [9.17, 15) is 4.79 Å². The van der Waals surface area contributed by atoms with Gasteiger partial charge in [-0.3, -0.25) is 10.2 Å². The van der Waals surface area contributed by atoms with Crippen molar-refractivity contribution in [3.63, 3.8) is 0 Å². The molecule has 48 valence electrons. The number of hydrogen-bond donors (Lipinski definition) is 3. The summed E-state index contributed by atoms with van der Waals surface area (Å²) in [6, 6.07) is -0.458. The maximum Gasteiger partial charge on any atom is 0.250 e. The van der Waals surface area contributed by atoms with Gasteiger partial charge in [-0.1, -0.05) is 6.92 Å². The second kappa shape index (κ2) is 3.40. The van der Waals surface area contributed by atoms with E-state index in [-0.39, 0.29) is 5.91 Å². The predicted molar refractivity (Wildman–Crippen MR) is 30.6 cm³/mol. The summed E-state index contributed by atoms with van der Waals surface area (Å²) < 4.78 is 0. The molecule has 0 heterocycles. The molecule has 0 aliphatic heterocycles. The van der Waals surface area contributed by atoms with Crippen LogP contribution in [0.5, 0.6) is 0 Å². The largest absolute Gasteiger partial charge is 0.320 e. The molecule has 0 saturated carbocycles. The van der Waals surface area contributed by atoms with Gasteiger partial charge in [-0.15, -0.1) is 0 Å². The van der Waals surface area contributed by atoms with Crippen LogP contribution in [0.1, 0.15) is 13.3 Å². The van der Waals surface area contributed by atoms with Crippen LogP contribution in [0.15, 0.2) is 0 Å². The molecular formula is C4H11N3O. The van der Waals surface area contributed by atoms with Gasteiger partial charge in [0.1, 0.15) is 0 Å². The minimum Gasteiger partial charge on any atom is -0.320 e. The number of nitrogens with one attached hydrogen (secondary N) is 1. The van der Waals surface area contributed by atoms with Gasteiger partial charge in [0.2, 0.25) is 0 Å². The highest BCUT2D eigenvalue weighted by atomic mass is 16.2. The lowest BCUT2D eigenvalue weighted by Crippen LogP contribution is -2.43. The van der Waals surface area contributed by atoms with Crippen molar-refractivity contribution in [2.24, 2.45) is 11.6 Å². The van der Waals surface area contributed by atoms with Crippen molar-refractivity contribution in [1.82, 2.24) is 5.43 Å². The third-order valence-electron chi connectivity index (χ3n) is 0.919. The van der Waals surface area contributed by atoms with Crippen LogP contribution in [0.3, 0.4) is 0 Å². The fourth-order valence-electron chi connectivity index (χ4n) is 0.292. The van der Waals surface area contributed by atoms with Gasteiger partial charge in [0.15, 0.2) is 0 Å². The Balaban J connectivity index is 3.46. The van der Waals surface area contributed by atoms with E-state index in [0.717, 1.165) is 0 Å². The summed E-state index contributed by atoms with van der Waals surface area (Å²) in [7, 11) is 0. The number of carbonyl (C=O) groups is 1. The number of hydrazine groups is 1. The van der Waals surface area contributed by atoms with Gasteiger partial charge in [0, 0.05) is 0 Å². The van der Waals surface area contributed by atoms with Gasteiger partial charge in [-0.2, -0.15) is 0 Å². The van der Waals surface area contributed by atoms with Gasteiger partial charge < -0.3 is 5.73 Å². The quantitative estimate of drug-likeness (QED) is 0.239. The van der Waals surface area contributed by atoms with Crippen LogP contribution >= 0.6 is 0 Å². The minimum absolute atomic E-state index is 0.312. The van der Waals surface area contributed by atoms with E-state index in [1.165, 1.54) is 0 Å². The van der Waals surface area contributed by atoms with Crippen LogP contribution in [0.2, 0.25) is 0 Å². The monoisotopic (exact) mass is 117 g/mol. The second-order valence-electron chi connectivity index (χ2n) is 1.52. The molecule has 4 nitrogen and oxygen atoms in total. The van der Waals surface area contributed by atoms with Crippen LogP contribution < -0.4 is 17.0 Å². The highest BCUT2D eigenvalue weighted by Crippen LogP contribution is 1.81. The first-order chi connectivity index (χ1) is 3.72. The normalized spacial score (nSPS) is 12.9. The number of rotatable bonds is 2. The summed E-state index contributed by atoms with van der Waals surface area (Å²) in [5.41, 5.74) is 7.19. The Morgan fingerprint density at radius 2 is 2.38 bits per heavy atom. The lowest BCUT2D eigenvalue weighted by atomic mass is 10.2. The van der Waals surface area contributed by atoms with E-state index in [2.05, 4.69) is 0 Å². The first-order valence-electron chi connectivity index (χ1n) is 2.48. The number of hydrogen-bond acceptors (Lipinski definition) is 3. The van der Waals surface area contributed by atoms with Crippen molar-refractivity contribution >= 4 is 5.91 Å². The number of carbonyl (C=O) groups excluding carboxylic acids is 1. The second-order valence-corrected chi connectivity index (χ2v) is 1.52. The Hall–Kier alpha value is -0.610. The molecule has 0 aliphatic carbocycles. The van der Waals surface area contributed by atoms with Crippen molar-refractivity contribution in [2.45, 2.75) is 19.4 Å². The summed E-state index contributed by atoms with van der Waals surface area (Å²) >= 11 is 0.